The highest BCUT2D eigenvalue weighted by molar-refractivity contribution is 7.08. The van der Waals surface area contributed by atoms with Crippen LogP contribution in [-0.4, -0.2) is 57.2 Å². The first kappa shape index (κ1) is 17.2. The number of pyridine rings is 1. The van der Waals surface area contributed by atoms with E-state index in [1.165, 1.54) is 18.1 Å². The van der Waals surface area contributed by atoms with Gasteiger partial charge in [0.1, 0.15) is 12.0 Å². The lowest BCUT2D eigenvalue weighted by molar-refractivity contribution is 0.0541. The number of rotatable bonds is 3. The first-order chi connectivity index (χ1) is 13.7. The Morgan fingerprint density at radius 2 is 2.14 bits per heavy atom. The summed E-state index contributed by atoms with van der Waals surface area (Å²) < 4.78 is 6.89. The molecule has 1 aliphatic heterocycles. The molecule has 1 amide bonds. The number of carbonyl (C=O) groups excluding carboxylic acids is 1. The van der Waals surface area contributed by atoms with Crippen molar-refractivity contribution in [3.05, 3.63) is 65.0 Å². The summed E-state index contributed by atoms with van der Waals surface area (Å²) in [5, 5.41) is 13.0. The van der Waals surface area contributed by atoms with Gasteiger partial charge in [-0.05, 0) is 41.6 Å². The van der Waals surface area contributed by atoms with Crippen LogP contribution in [-0.2, 0) is 0 Å². The molecule has 0 aromatic carbocycles. The van der Waals surface area contributed by atoms with E-state index in [-0.39, 0.29) is 11.9 Å². The quantitative estimate of drug-likeness (QED) is 0.535. The molecule has 28 heavy (non-hydrogen) atoms. The molecule has 0 bridgehead atoms. The minimum atomic E-state index is -0.0110. The number of piperazine rings is 1. The van der Waals surface area contributed by atoms with Crippen LogP contribution < -0.4 is 0 Å². The van der Waals surface area contributed by atoms with Crippen molar-refractivity contribution in [2.75, 3.05) is 26.7 Å². The number of carbonyl (C=O) groups is 1. The minimum absolute atomic E-state index is 0.00546. The molecule has 4 aromatic rings. The van der Waals surface area contributed by atoms with Crippen molar-refractivity contribution < 1.29 is 9.21 Å². The van der Waals surface area contributed by atoms with E-state index in [0.29, 0.717) is 18.7 Å². The molecule has 7 nitrogen and oxygen atoms in total. The number of amides is 1. The number of hydrogen-bond donors (Lipinski definition) is 0. The number of aromatic nitrogens is 3. The van der Waals surface area contributed by atoms with E-state index in [1.54, 1.807) is 17.4 Å². The van der Waals surface area contributed by atoms with Gasteiger partial charge in [-0.1, -0.05) is 11.3 Å². The monoisotopic (exact) mass is 393 g/mol. The summed E-state index contributed by atoms with van der Waals surface area (Å²) in [6.45, 7) is 2.03. The smallest absolute Gasteiger partial charge is 0.257 e. The summed E-state index contributed by atoms with van der Waals surface area (Å²) in [4.78, 5) is 16.8. The zero-order valence-corrected chi connectivity index (χ0v) is 16.2. The van der Waals surface area contributed by atoms with Gasteiger partial charge in [0.15, 0.2) is 0 Å². The van der Waals surface area contributed by atoms with E-state index >= 15 is 0 Å². The number of furan rings is 1. The van der Waals surface area contributed by atoms with E-state index < -0.39 is 0 Å². The van der Waals surface area contributed by atoms with Crippen LogP contribution in [0, 0.1) is 0 Å². The van der Waals surface area contributed by atoms with Gasteiger partial charge < -0.3 is 9.32 Å². The molecule has 0 saturated carbocycles. The third kappa shape index (κ3) is 2.90. The van der Waals surface area contributed by atoms with E-state index in [1.807, 2.05) is 15.6 Å². The van der Waals surface area contributed by atoms with Crippen molar-refractivity contribution in [1.82, 2.24) is 24.6 Å². The third-order valence-electron chi connectivity index (χ3n) is 5.31. The molecule has 4 aromatic heterocycles. The number of nitrogens with zero attached hydrogens (tertiary/aromatic N) is 5. The fourth-order valence-electron chi connectivity index (χ4n) is 3.67. The predicted molar refractivity (Wildman–Crippen MR) is 106 cm³/mol. The maximum absolute atomic E-state index is 12.7. The first-order valence-corrected chi connectivity index (χ1v) is 10.0. The fraction of sp³-hybridized carbons (Fsp3) is 0.250. The van der Waals surface area contributed by atoms with Crippen LogP contribution in [0.25, 0.3) is 16.6 Å². The molecule has 0 radical (unpaired) electrons. The molecular formula is C20H19N5O2S. The molecule has 0 N–H and O–H groups in total. The van der Waals surface area contributed by atoms with E-state index in [4.69, 9.17) is 4.42 Å². The van der Waals surface area contributed by atoms with Crippen molar-refractivity contribution in [1.29, 1.82) is 0 Å². The lowest BCUT2D eigenvalue weighted by Gasteiger charge is -2.38. The number of hydrogen-bond acceptors (Lipinski definition) is 6. The summed E-state index contributed by atoms with van der Waals surface area (Å²) in [6, 6.07) is 7.95. The van der Waals surface area contributed by atoms with Gasteiger partial charge in [-0.2, -0.15) is 11.3 Å². The van der Waals surface area contributed by atoms with Crippen molar-refractivity contribution in [2.45, 2.75) is 6.04 Å². The van der Waals surface area contributed by atoms with Crippen LogP contribution in [0.4, 0.5) is 0 Å². The molecule has 1 atom stereocenters. The highest BCUT2D eigenvalue weighted by Crippen LogP contribution is 2.29. The zero-order valence-electron chi connectivity index (χ0n) is 15.4. The Balaban J connectivity index is 1.45. The Bertz CT molecular complexity index is 1100. The van der Waals surface area contributed by atoms with Crippen LogP contribution in [0.3, 0.4) is 0 Å². The Morgan fingerprint density at radius 3 is 2.93 bits per heavy atom. The molecule has 1 saturated heterocycles. The van der Waals surface area contributed by atoms with Crippen LogP contribution in [0.2, 0.25) is 0 Å². The summed E-state index contributed by atoms with van der Waals surface area (Å²) in [5.74, 6) is -0.0110. The fourth-order valence-corrected chi connectivity index (χ4v) is 4.34. The van der Waals surface area contributed by atoms with Gasteiger partial charge in [0, 0.05) is 31.4 Å². The molecule has 5 heterocycles. The maximum atomic E-state index is 12.7. The predicted octanol–water partition coefficient (Wildman–Crippen LogP) is 3.18. The molecule has 1 fully saturated rings. The highest BCUT2D eigenvalue weighted by atomic mass is 32.1. The summed E-state index contributed by atoms with van der Waals surface area (Å²) in [5.41, 5.74) is 4.73. The molecule has 142 valence electrons. The van der Waals surface area contributed by atoms with Crippen LogP contribution >= 0.6 is 11.3 Å². The van der Waals surface area contributed by atoms with Gasteiger partial charge in [0.2, 0.25) is 0 Å². The van der Waals surface area contributed by atoms with Gasteiger partial charge in [-0.15, -0.1) is 5.10 Å². The SMILES string of the molecule is CN1CCN(C(=O)c2ccoc2)C[C@@H]1c1nnn2cc(-c3ccsc3)ccc12. The van der Waals surface area contributed by atoms with Crippen LogP contribution in [0.5, 0.6) is 0 Å². The van der Waals surface area contributed by atoms with Gasteiger partial charge in [-0.3, -0.25) is 9.69 Å². The number of thiophene rings is 1. The van der Waals surface area contributed by atoms with E-state index in [2.05, 4.69) is 51.2 Å². The van der Waals surface area contributed by atoms with Gasteiger partial charge >= 0.3 is 0 Å². The second-order valence-corrected chi connectivity index (χ2v) is 7.77. The van der Waals surface area contributed by atoms with Crippen molar-refractivity contribution in [3.63, 3.8) is 0 Å². The molecule has 1 aliphatic rings. The molecule has 0 spiro atoms. The van der Waals surface area contributed by atoms with Gasteiger partial charge in [0.05, 0.1) is 23.4 Å². The Morgan fingerprint density at radius 1 is 1.21 bits per heavy atom. The summed E-state index contributed by atoms with van der Waals surface area (Å²) >= 11 is 1.67. The second-order valence-electron chi connectivity index (χ2n) is 6.99. The largest absolute Gasteiger partial charge is 0.472 e. The van der Waals surface area contributed by atoms with Crippen molar-refractivity contribution in [2.24, 2.45) is 0 Å². The lowest BCUT2D eigenvalue weighted by Crippen LogP contribution is -2.49. The maximum Gasteiger partial charge on any atom is 0.257 e. The molecule has 0 unspecified atom stereocenters. The van der Waals surface area contributed by atoms with Gasteiger partial charge in [-0.25, -0.2) is 4.52 Å². The summed E-state index contributed by atoms with van der Waals surface area (Å²) in [6.07, 6.45) is 5.03. The standard InChI is InChI=1S/C20H19N5O2S/c1-23-6-7-24(20(26)15-4-8-27-12-15)11-18(23)19-17-3-2-14(10-25(17)22-21-19)16-5-9-28-13-16/h2-5,8-10,12-13,18H,6-7,11H2,1H3/t18-/m1/s1. The van der Waals surface area contributed by atoms with Crippen LogP contribution in [0.15, 0.2) is 58.2 Å². The number of likely N-dealkylation sites (N-methyl/N-ethyl adjacent to an activating group) is 1. The van der Waals surface area contributed by atoms with Crippen molar-refractivity contribution in [3.8, 4) is 11.1 Å². The Kier molecular flexibility index (Phi) is 4.22. The molecule has 5 rings (SSSR count). The average Bonchev–Trinajstić information content (AvgIpc) is 3.48. The number of fused-ring (bicyclic) bond motifs is 1. The topological polar surface area (TPSA) is 66.9 Å². The van der Waals surface area contributed by atoms with Crippen LogP contribution in [0.1, 0.15) is 22.1 Å². The summed E-state index contributed by atoms with van der Waals surface area (Å²) in [7, 11) is 2.06. The highest BCUT2D eigenvalue weighted by Gasteiger charge is 2.32. The molecule has 8 heteroatoms. The third-order valence-corrected chi connectivity index (χ3v) is 6.00. The van der Waals surface area contributed by atoms with E-state index in [9.17, 15) is 4.79 Å². The van der Waals surface area contributed by atoms with E-state index in [0.717, 1.165) is 23.3 Å². The molecular weight excluding hydrogens is 374 g/mol. The average molecular weight is 393 g/mol. The van der Waals surface area contributed by atoms with Gasteiger partial charge in [0.25, 0.3) is 5.91 Å². The Labute approximate surface area is 165 Å². The molecule has 0 aliphatic carbocycles. The lowest BCUT2D eigenvalue weighted by atomic mass is 10.1. The second kappa shape index (κ2) is 6.88. The minimum Gasteiger partial charge on any atom is -0.472 e. The Hall–Kier alpha value is -2.97. The first-order valence-electron chi connectivity index (χ1n) is 9.10. The van der Waals surface area contributed by atoms with Crippen molar-refractivity contribution >= 4 is 22.8 Å². The normalized spacial score (nSPS) is 18.0. The zero-order chi connectivity index (χ0) is 19.1.